The van der Waals surface area contributed by atoms with Crippen LogP contribution in [0.1, 0.15) is 32.1 Å². The summed E-state index contributed by atoms with van der Waals surface area (Å²) in [6.07, 6.45) is 5.30. The van der Waals surface area contributed by atoms with Crippen molar-refractivity contribution in [2.24, 2.45) is 5.92 Å². The highest BCUT2D eigenvalue weighted by Gasteiger charge is 2.22. The molecule has 0 spiro atoms. The second kappa shape index (κ2) is 5.17. The molecule has 1 aromatic rings. The predicted octanol–water partition coefficient (Wildman–Crippen LogP) is 2.96. The monoisotopic (exact) mass is 206 g/mol. The highest BCUT2D eigenvalue weighted by atomic mass is 16.6. The van der Waals surface area contributed by atoms with E-state index in [4.69, 9.17) is 4.74 Å². The second-order valence-electron chi connectivity index (χ2n) is 4.22. The number of para-hydroxylation sites is 1. The van der Waals surface area contributed by atoms with Crippen LogP contribution in [-0.2, 0) is 0 Å². The van der Waals surface area contributed by atoms with Crippen molar-refractivity contribution in [2.75, 3.05) is 0 Å². The summed E-state index contributed by atoms with van der Waals surface area (Å²) in [5.41, 5.74) is 0. The van der Waals surface area contributed by atoms with Gasteiger partial charge in [0.1, 0.15) is 5.75 Å². The zero-order valence-electron chi connectivity index (χ0n) is 8.93. The van der Waals surface area contributed by atoms with Gasteiger partial charge in [-0.05, 0) is 25.0 Å². The second-order valence-corrected chi connectivity index (χ2v) is 4.22. The Morgan fingerprint density at radius 2 is 1.73 bits per heavy atom. The Hall–Kier alpha value is -1.02. The maximum atomic E-state index is 9.91. The van der Waals surface area contributed by atoms with E-state index in [0.717, 1.165) is 18.6 Å². The molecule has 1 fully saturated rings. The number of hydrogen-bond donors (Lipinski definition) is 1. The number of rotatable bonds is 3. The number of hydrogen-bond acceptors (Lipinski definition) is 2. The van der Waals surface area contributed by atoms with Gasteiger partial charge in [0.15, 0.2) is 6.29 Å². The zero-order chi connectivity index (χ0) is 10.5. The molecule has 1 unspecified atom stereocenters. The Kier molecular flexibility index (Phi) is 3.62. The molecule has 1 N–H and O–H groups in total. The van der Waals surface area contributed by atoms with E-state index in [-0.39, 0.29) is 0 Å². The van der Waals surface area contributed by atoms with E-state index < -0.39 is 6.29 Å². The summed E-state index contributed by atoms with van der Waals surface area (Å²) in [5.74, 6) is 1.08. The van der Waals surface area contributed by atoms with Gasteiger partial charge < -0.3 is 9.84 Å². The van der Waals surface area contributed by atoms with Gasteiger partial charge in [-0.3, -0.25) is 0 Å². The van der Waals surface area contributed by atoms with Crippen LogP contribution in [-0.4, -0.2) is 11.4 Å². The van der Waals surface area contributed by atoms with E-state index in [9.17, 15) is 5.11 Å². The Bertz CT molecular complexity index is 278. The van der Waals surface area contributed by atoms with Crippen molar-refractivity contribution in [3.05, 3.63) is 30.3 Å². The highest BCUT2D eigenvalue weighted by molar-refractivity contribution is 5.21. The van der Waals surface area contributed by atoms with Gasteiger partial charge in [-0.2, -0.15) is 0 Å². The topological polar surface area (TPSA) is 29.5 Å². The molecule has 0 aliphatic heterocycles. The molecular formula is C13H18O2. The normalized spacial score (nSPS) is 19.8. The average Bonchev–Trinajstić information content (AvgIpc) is 2.31. The fraction of sp³-hybridized carbons (Fsp3) is 0.538. The molecule has 15 heavy (non-hydrogen) atoms. The molecule has 0 bridgehead atoms. The number of aliphatic hydroxyl groups excluding tert-OH is 1. The van der Waals surface area contributed by atoms with Crippen molar-refractivity contribution in [1.29, 1.82) is 0 Å². The van der Waals surface area contributed by atoms with Gasteiger partial charge in [-0.1, -0.05) is 37.5 Å². The first-order valence-corrected chi connectivity index (χ1v) is 5.76. The van der Waals surface area contributed by atoms with Crippen molar-refractivity contribution in [1.82, 2.24) is 0 Å². The van der Waals surface area contributed by atoms with Crippen LogP contribution in [0.4, 0.5) is 0 Å². The quantitative estimate of drug-likeness (QED) is 0.770. The SMILES string of the molecule is OC(Oc1ccccc1)C1CCCCC1. The van der Waals surface area contributed by atoms with Gasteiger partial charge in [0.25, 0.3) is 0 Å². The summed E-state index contributed by atoms with van der Waals surface area (Å²) in [6.45, 7) is 0. The summed E-state index contributed by atoms with van der Waals surface area (Å²) in [4.78, 5) is 0. The first-order valence-electron chi connectivity index (χ1n) is 5.76. The van der Waals surface area contributed by atoms with Crippen LogP contribution in [0.25, 0.3) is 0 Å². The van der Waals surface area contributed by atoms with Crippen molar-refractivity contribution in [2.45, 2.75) is 38.4 Å². The van der Waals surface area contributed by atoms with Crippen molar-refractivity contribution < 1.29 is 9.84 Å². The molecule has 2 nitrogen and oxygen atoms in total. The molecule has 1 aliphatic carbocycles. The lowest BCUT2D eigenvalue weighted by Crippen LogP contribution is -2.28. The lowest BCUT2D eigenvalue weighted by molar-refractivity contribution is -0.0722. The Morgan fingerprint density at radius 3 is 2.40 bits per heavy atom. The van der Waals surface area contributed by atoms with Crippen LogP contribution in [0.3, 0.4) is 0 Å². The smallest absolute Gasteiger partial charge is 0.200 e. The summed E-state index contributed by atoms with van der Waals surface area (Å²) in [7, 11) is 0. The third-order valence-electron chi connectivity index (χ3n) is 3.05. The number of ether oxygens (including phenoxy) is 1. The molecule has 0 saturated heterocycles. The van der Waals surface area contributed by atoms with Gasteiger partial charge in [0.2, 0.25) is 0 Å². The minimum atomic E-state index is -0.632. The number of aliphatic hydroxyl groups is 1. The van der Waals surface area contributed by atoms with Crippen molar-refractivity contribution >= 4 is 0 Å². The molecular weight excluding hydrogens is 188 g/mol. The van der Waals surface area contributed by atoms with Crippen molar-refractivity contribution in [3.8, 4) is 5.75 Å². The number of benzene rings is 1. The molecule has 82 valence electrons. The first-order chi connectivity index (χ1) is 7.36. The Labute approximate surface area is 90.9 Å². The molecule has 2 heteroatoms. The molecule has 0 radical (unpaired) electrons. The minimum absolute atomic E-state index is 0.318. The van der Waals surface area contributed by atoms with Gasteiger partial charge in [-0.25, -0.2) is 0 Å². The summed E-state index contributed by atoms with van der Waals surface area (Å²) in [5, 5.41) is 9.91. The third-order valence-corrected chi connectivity index (χ3v) is 3.05. The summed E-state index contributed by atoms with van der Waals surface area (Å²) < 4.78 is 5.51. The molecule has 1 saturated carbocycles. The van der Waals surface area contributed by atoms with Crippen LogP contribution in [0.15, 0.2) is 30.3 Å². The minimum Gasteiger partial charge on any atom is -0.465 e. The Morgan fingerprint density at radius 1 is 1.07 bits per heavy atom. The highest BCUT2D eigenvalue weighted by Crippen LogP contribution is 2.27. The van der Waals surface area contributed by atoms with Crippen LogP contribution in [0, 0.1) is 5.92 Å². The summed E-state index contributed by atoms with van der Waals surface area (Å²) >= 11 is 0. The van der Waals surface area contributed by atoms with Crippen LogP contribution in [0.5, 0.6) is 5.75 Å². The largest absolute Gasteiger partial charge is 0.465 e. The average molecular weight is 206 g/mol. The van der Waals surface area contributed by atoms with E-state index in [1.165, 1.54) is 19.3 Å². The standard InChI is InChI=1S/C13H18O2/c14-13(11-7-3-1-4-8-11)15-12-9-5-2-6-10-12/h2,5-6,9-11,13-14H,1,3-4,7-8H2. The third kappa shape index (κ3) is 2.96. The van der Waals surface area contributed by atoms with E-state index in [1.54, 1.807) is 0 Å². The fourth-order valence-electron chi connectivity index (χ4n) is 2.15. The maximum Gasteiger partial charge on any atom is 0.200 e. The molecule has 1 aliphatic rings. The summed E-state index contributed by atoms with van der Waals surface area (Å²) in [6, 6.07) is 9.55. The van der Waals surface area contributed by atoms with Crippen LogP contribution < -0.4 is 4.74 Å². The van der Waals surface area contributed by atoms with E-state index >= 15 is 0 Å². The van der Waals surface area contributed by atoms with E-state index in [0.29, 0.717) is 5.92 Å². The van der Waals surface area contributed by atoms with Crippen LogP contribution >= 0.6 is 0 Å². The van der Waals surface area contributed by atoms with Gasteiger partial charge in [-0.15, -0.1) is 0 Å². The Balaban J connectivity index is 1.88. The lowest BCUT2D eigenvalue weighted by atomic mass is 9.89. The first kappa shape index (κ1) is 10.5. The van der Waals surface area contributed by atoms with Crippen LogP contribution in [0.2, 0.25) is 0 Å². The van der Waals surface area contributed by atoms with E-state index in [1.807, 2.05) is 30.3 Å². The molecule has 0 heterocycles. The van der Waals surface area contributed by atoms with Gasteiger partial charge in [0, 0.05) is 5.92 Å². The molecule has 0 amide bonds. The van der Waals surface area contributed by atoms with E-state index in [2.05, 4.69) is 0 Å². The lowest BCUT2D eigenvalue weighted by Gasteiger charge is -2.26. The molecule has 1 atom stereocenters. The maximum absolute atomic E-state index is 9.91. The van der Waals surface area contributed by atoms with Gasteiger partial charge >= 0.3 is 0 Å². The fourth-order valence-corrected chi connectivity index (χ4v) is 2.15. The molecule has 2 rings (SSSR count). The van der Waals surface area contributed by atoms with Gasteiger partial charge in [0.05, 0.1) is 0 Å². The predicted molar refractivity (Wildman–Crippen MR) is 59.7 cm³/mol. The van der Waals surface area contributed by atoms with Crippen molar-refractivity contribution in [3.63, 3.8) is 0 Å². The zero-order valence-corrected chi connectivity index (χ0v) is 8.93. The molecule has 1 aromatic carbocycles. The molecule has 0 aromatic heterocycles.